The van der Waals surface area contributed by atoms with Crippen molar-refractivity contribution >= 4 is 17.5 Å². The van der Waals surface area contributed by atoms with E-state index in [-0.39, 0.29) is 17.5 Å². The van der Waals surface area contributed by atoms with Gasteiger partial charge in [-0.2, -0.15) is 0 Å². The number of alkyl halides is 2. The third-order valence-corrected chi connectivity index (χ3v) is 4.63. The highest BCUT2D eigenvalue weighted by Gasteiger charge is 2.45. The highest BCUT2D eigenvalue weighted by atomic mass is 19.3. The summed E-state index contributed by atoms with van der Waals surface area (Å²) in [6, 6.07) is 3.01. The number of carbonyl (C=O) groups is 2. The van der Waals surface area contributed by atoms with Crippen molar-refractivity contribution in [2.24, 2.45) is 5.92 Å². The molecule has 0 bridgehead atoms. The Morgan fingerprint density at radius 2 is 2.00 bits per heavy atom. The highest BCUT2D eigenvalue weighted by Crippen LogP contribution is 2.37. The second-order valence-electron chi connectivity index (χ2n) is 7.65. The van der Waals surface area contributed by atoms with E-state index >= 15 is 0 Å². The molecule has 1 saturated carbocycles. The summed E-state index contributed by atoms with van der Waals surface area (Å²) in [6.45, 7) is 2.79. The van der Waals surface area contributed by atoms with Gasteiger partial charge in [0, 0.05) is 7.05 Å². The van der Waals surface area contributed by atoms with Gasteiger partial charge in [0.2, 0.25) is 11.8 Å². The summed E-state index contributed by atoms with van der Waals surface area (Å²) in [7, 11) is 1.48. The van der Waals surface area contributed by atoms with Crippen molar-refractivity contribution in [2.45, 2.75) is 38.2 Å². The predicted octanol–water partition coefficient (Wildman–Crippen LogP) is 1.58. The minimum absolute atomic E-state index is 0.0637. The lowest BCUT2D eigenvalue weighted by Crippen LogP contribution is -2.56. The van der Waals surface area contributed by atoms with Crippen LogP contribution in [-0.2, 0) is 4.79 Å². The maximum Gasteiger partial charge on any atom is 0.282 e. The molecule has 1 aliphatic carbocycles. The largest absolute Gasteiger partial charge is 0.476 e. The molecule has 0 aromatic carbocycles. The van der Waals surface area contributed by atoms with E-state index in [4.69, 9.17) is 4.74 Å². The summed E-state index contributed by atoms with van der Waals surface area (Å²) in [5.74, 6) is -2.99. The first-order chi connectivity index (χ1) is 12.6. The highest BCUT2D eigenvalue weighted by molar-refractivity contribution is 5.98. The van der Waals surface area contributed by atoms with Gasteiger partial charge < -0.3 is 20.3 Å². The lowest BCUT2D eigenvalue weighted by Gasteiger charge is -2.40. The molecule has 9 heteroatoms. The average Bonchev–Trinajstić information content (AvgIpc) is 3.40. The molecule has 27 heavy (non-hydrogen) atoms. The van der Waals surface area contributed by atoms with Gasteiger partial charge in [0.1, 0.15) is 16.9 Å². The summed E-state index contributed by atoms with van der Waals surface area (Å²) in [6.07, 6.45) is 2.13. The van der Waals surface area contributed by atoms with E-state index in [9.17, 15) is 18.4 Å². The Bertz CT molecular complexity index is 742. The van der Waals surface area contributed by atoms with Crippen LogP contribution in [0, 0.1) is 5.92 Å². The van der Waals surface area contributed by atoms with Crippen LogP contribution in [0.5, 0.6) is 5.88 Å². The number of anilines is 1. The molecule has 2 heterocycles. The van der Waals surface area contributed by atoms with Crippen LogP contribution >= 0.6 is 0 Å². The Hall–Kier alpha value is -2.45. The number of ether oxygens (including phenoxy) is 1. The molecule has 1 saturated heterocycles. The van der Waals surface area contributed by atoms with Crippen molar-refractivity contribution in [2.75, 3.05) is 31.6 Å². The molecule has 7 nitrogen and oxygen atoms in total. The standard InChI is InChI=1S/C18H24F2N4O3/c1-17(2,16(26)21-3)23-14(25)12-6-7-13(24-9-18(19,20)10-24)15(22-12)27-8-11-4-5-11/h6-7,11H,4-5,8-10H2,1-3H3,(H,21,26)(H,23,25). The molecule has 2 aliphatic rings. The molecular formula is C18H24F2N4O3. The molecule has 2 amide bonds. The van der Waals surface area contributed by atoms with Crippen LogP contribution in [0.2, 0.25) is 0 Å². The monoisotopic (exact) mass is 382 g/mol. The van der Waals surface area contributed by atoms with Crippen LogP contribution in [0.25, 0.3) is 0 Å². The van der Waals surface area contributed by atoms with Crippen LogP contribution < -0.4 is 20.3 Å². The Morgan fingerprint density at radius 1 is 1.33 bits per heavy atom. The summed E-state index contributed by atoms with van der Waals surface area (Å²) in [5.41, 5.74) is -0.613. The fourth-order valence-electron chi connectivity index (χ4n) is 2.79. The summed E-state index contributed by atoms with van der Waals surface area (Å²) in [5, 5.41) is 5.10. The molecule has 2 fully saturated rings. The van der Waals surface area contributed by atoms with Gasteiger partial charge in [-0.15, -0.1) is 0 Å². The van der Waals surface area contributed by atoms with Crippen LogP contribution in [-0.4, -0.2) is 55.0 Å². The van der Waals surface area contributed by atoms with Gasteiger partial charge in [-0.05, 0) is 44.7 Å². The fraction of sp³-hybridized carbons (Fsp3) is 0.611. The van der Waals surface area contributed by atoms with Crippen LogP contribution in [0.1, 0.15) is 37.2 Å². The molecule has 0 atom stereocenters. The molecule has 2 N–H and O–H groups in total. The number of aromatic nitrogens is 1. The Kier molecular flexibility index (Phi) is 4.96. The van der Waals surface area contributed by atoms with E-state index in [0.717, 1.165) is 12.8 Å². The third kappa shape index (κ3) is 4.45. The number of amides is 2. The summed E-state index contributed by atoms with van der Waals surface area (Å²) in [4.78, 5) is 30.1. The van der Waals surface area contributed by atoms with E-state index in [0.29, 0.717) is 18.2 Å². The number of pyridine rings is 1. The molecule has 0 unspecified atom stereocenters. The molecule has 0 radical (unpaired) electrons. The number of nitrogens with one attached hydrogen (secondary N) is 2. The third-order valence-electron chi connectivity index (χ3n) is 4.63. The zero-order valence-corrected chi connectivity index (χ0v) is 15.6. The number of likely N-dealkylation sites (N-methyl/N-ethyl adjacent to an activating group) is 1. The number of rotatable bonds is 7. The number of carbonyl (C=O) groups excluding carboxylic acids is 2. The van der Waals surface area contributed by atoms with E-state index in [2.05, 4.69) is 15.6 Å². The lowest BCUT2D eigenvalue weighted by atomic mass is 10.0. The average molecular weight is 382 g/mol. The van der Waals surface area contributed by atoms with Gasteiger partial charge in [0.25, 0.3) is 11.8 Å². The predicted molar refractivity (Wildman–Crippen MR) is 95.2 cm³/mol. The van der Waals surface area contributed by atoms with Gasteiger partial charge in [-0.1, -0.05) is 0 Å². The maximum atomic E-state index is 13.2. The summed E-state index contributed by atoms with van der Waals surface area (Å²) >= 11 is 0. The Morgan fingerprint density at radius 3 is 2.56 bits per heavy atom. The zero-order valence-electron chi connectivity index (χ0n) is 15.6. The van der Waals surface area contributed by atoms with E-state index < -0.39 is 30.5 Å². The van der Waals surface area contributed by atoms with Gasteiger partial charge in [0.15, 0.2) is 0 Å². The van der Waals surface area contributed by atoms with Gasteiger partial charge in [-0.25, -0.2) is 13.8 Å². The molecule has 1 aliphatic heterocycles. The van der Waals surface area contributed by atoms with Crippen LogP contribution in [0.3, 0.4) is 0 Å². The number of halogens is 2. The quantitative estimate of drug-likeness (QED) is 0.748. The second-order valence-corrected chi connectivity index (χ2v) is 7.65. The molecule has 0 spiro atoms. The first-order valence-corrected chi connectivity index (χ1v) is 8.92. The lowest BCUT2D eigenvalue weighted by molar-refractivity contribution is -0.125. The maximum absolute atomic E-state index is 13.2. The van der Waals surface area contributed by atoms with Crippen molar-refractivity contribution in [3.05, 3.63) is 17.8 Å². The summed E-state index contributed by atoms with van der Waals surface area (Å²) < 4.78 is 32.2. The Balaban J connectivity index is 1.78. The van der Waals surface area contributed by atoms with Crippen molar-refractivity contribution < 1.29 is 23.1 Å². The van der Waals surface area contributed by atoms with Gasteiger partial charge in [-0.3, -0.25) is 9.59 Å². The number of hydrogen-bond acceptors (Lipinski definition) is 5. The first-order valence-electron chi connectivity index (χ1n) is 8.92. The zero-order chi connectivity index (χ0) is 19.8. The first kappa shape index (κ1) is 19.3. The SMILES string of the molecule is CNC(=O)C(C)(C)NC(=O)c1ccc(N2CC(F)(F)C2)c(OCC2CC2)n1. The van der Waals surface area contributed by atoms with Crippen molar-refractivity contribution in [1.82, 2.24) is 15.6 Å². The van der Waals surface area contributed by atoms with Crippen molar-refractivity contribution in [3.8, 4) is 5.88 Å². The minimum atomic E-state index is -2.72. The Labute approximate surface area is 156 Å². The van der Waals surface area contributed by atoms with Gasteiger partial charge >= 0.3 is 0 Å². The number of nitrogens with zero attached hydrogens (tertiary/aromatic N) is 2. The second kappa shape index (κ2) is 6.94. The molecule has 1 aromatic rings. The van der Waals surface area contributed by atoms with E-state index in [1.54, 1.807) is 19.9 Å². The normalized spacial score (nSPS) is 18.5. The van der Waals surface area contributed by atoms with E-state index in [1.807, 2.05) is 0 Å². The molecule has 3 rings (SSSR count). The van der Waals surface area contributed by atoms with Crippen LogP contribution in [0.4, 0.5) is 14.5 Å². The van der Waals surface area contributed by atoms with Crippen molar-refractivity contribution in [1.29, 1.82) is 0 Å². The smallest absolute Gasteiger partial charge is 0.282 e. The van der Waals surface area contributed by atoms with Crippen molar-refractivity contribution in [3.63, 3.8) is 0 Å². The minimum Gasteiger partial charge on any atom is -0.476 e. The van der Waals surface area contributed by atoms with Crippen LogP contribution in [0.15, 0.2) is 12.1 Å². The molecule has 148 valence electrons. The molecule has 1 aromatic heterocycles. The fourth-order valence-corrected chi connectivity index (χ4v) is 2.79. The molecular weight excluding hydrogens is 358 g/mol. The topological polar surface area (TPSA) is 83.6 Å². The number of hydrogen-bond donors (Lipinski definition) is 2. The van der Waals surface area contributed by atoms with Gasteiger partial charge in [0.05, 0.1) is 19.7 Å². The van der Waals surface area contributed by atoms with E-state index in [1.165, 1.54) is 18.0 Å².